The third-order valence-corrected chi connectivity index (χ3v) is 4.93. The summed E-state index contributed by atoms with van der Waals surface area (Å²) in [7, 11) is 1.47. The number of ether oxygens (including phenoxy) is 2. The molecule has 0 heterocycles. The number of nitrogens with one attached hydrogen (secondary N) is 2. The Hall–Kier alpha value is -4.13. The van der Waals surface area contributed by atoms with Gasteiger partial charge in [0.05, 0.1) is 19.2 Å². The van der Waals surface area contributed by atoms with Crippen LogP contribution in [0.5, 0.6) is 5.75 Å². The smallest absolute Gasteiger partial charge is 0.307 e. The molecule has 0 spiro atoms. The van der Waals surface area contributed by atoms with Crippen molar-refractivity contribution in [3.63, 3.8) is 0 Å². The van der Waals surface area contributed by atoms with E-state index in [2.05, 4.69) is 10.6 Å². The SMILES string of the molecule is COc1ccc(NC(C)=O)cc1NC(=O)COC(=O)CC(c1ccccc1)c1ccccc1. The van der Waals surface area contributed by atoms with Gasteiger partial charge in [-0.3, -0.25) is 14.4 Å². The first kappa shape index (κ1) is 23.5. The van der Waals surface area contributed by atoms with E-state index >= 15 is 0 Å². The molecule has 0 bridgehead atoms. The fourth-order valence-electron chi connectivity index (χ4n) is 3.44. The standard InChI is InChI=1S/C26H26N2O5/c1-18(29)27-21-13-14-24(32-2)23(15-21)28-25(30)17-33-26(31)16-22(19-9-5-3-6-10-19)20-11-7-4-8-12-20/h3-15,22H,16-17H2,1-2H3,(H,27,29)(H,28,30). The number of esters is 1. The van der Waals surface area contributed by atoms with Gasteiger partial charge in [0, 0.05) is 18.5 Å². The summed E-state index contributed by atoms with van der Waals surface area (Å²) in [6.07, 6.45) is 0.0998. The van der Waals surface area contributed by atoms with E-state index in [1.807, 2.05) is 60.7 Å². The van der Waals surface area contributed by atoms with Crippen LogP contribution in [0, 0.1) is 0 Å². The molecule has 3 rings (SSSR count). The van der Waals surface area contributed by atoms with Crippen LogP contribution in [0.25, 0.3) is 0 Å². The highest BCUT2D eigenvalue weighted by Gasteiger charge is 2.20. The second-order valence-corrected chi connectivity index (χ2v) is 7.38. The van der Waals surface area contributed by atoms with Crippen molar-refractivity contribution in [2.75, 3.05) is 24.4 Å². The number of anilines is 2. The highest BCUT2D eigenvalue weighted by molar-refractivity contribution is 5.96. The highest BCUT2D eigenvalue weighted by Crippen LogP contribution is 2.29. The summed E-state index contributed by atoms with van der Waals surface area (Å²) >= 11 is 0. The normalized spacial score (nSPS) is 10.4. The average Bonchev–Trinajstić information content (AvgIpc) is 2.82. The van der Waals surface area contributed by atoms with Crippen molar-refractivity contribution in [3.05, 3.63) is 90.0 Å². The Labute approximate surface area is 192 Å². The van der Waals surface area contributed by atoms with Crippen LogP contribution in [0.15, 0.2) is 78.9 Å². The van der Waals surface area contributed by atoms with Crippen LogP contribution >= 0.6 is 0 Å². The summed E-state index contributed by atoms with van der Waals surface area (Å²) in [6, 6.07) is 24.2. The molecule has 0 aliphatic carbocycles. The van der Waals surface area contributed by atoms with Crippen LogP contribution in [0.3, 0.4) is 0 Å². The average molecular weight is 447 g/mol. The molecule has 2 N–H and O–H groups in total. The number of hydrogen-bond acceptors (Lipinski definition) is 5. The molecular weight excluding hydrogens is 420 g/mol. The lowest BCUT2D eigenvalue weighted by atomic mass is 9.89. The summed E-state index contributed by atoms with van der Waals surface area (Å²) in [5.41, 5.74) is 2.84. The lowest BCUT2D eigenvalue weighted by Crippen LogP contribution is -2.22. The molecule has 0 radical (unpaired) electrons. The van der Waals surface area contributed by atoms with Crippen molar-refractivity contribution in [2.45, 2.75) is 19.3 Å². The largest absolute Gasteiger partial charge is 0.495 e. The molecule has 0 fully saturated rings. The maximum absolute atomic E-state index is 12.6. The lowest BCUT2D eigenvalue weighted by Gasteiger charge is -2.17. The molecule has 2 amide bonds. The molecule has 0 saturated heterocycles. The van der Waals surface area contributed by atoms with Gasteiger partial charge in [-0.05, 0) is 29.3 Å². The zero-order chi connectivity index (χ0) is 23.6. The Kier molecular flexibility index (Phi) is 8.18. The van der Waals surface area contributed by atoms with Crippen molar-refractivity contribution in [1.82, 2.24) is 0 Å². The van der Waals surface area contributed by atoms with E-state index in [1.165, 1.54) is 14.0 Å². The van der Waals surface area contributed by atoms with Crippen LogP contribution in [0.4, 0.5) is 11.4 Å². The third-order valence-electron chi connectivity index (χ3n) is 4.93. The Morgan fingerprint density at radius 1 is 0.848 bits per heavy atom. The second kappa shape index (κ2) is 11.5. The van der Waals surface area contributed by atoms with Gasteiger partial charge in [0.15, 0.2) is 6.61 Å². The number of benzene rings is 3. The molecule has 0 saturated carbocycles. The van der Waals surface area contributed by atoms with Gasteiger partial charge >= 0.3 is 5.97 Å². The second-order valence-electron chi connectivity index (χ2n) is 7.38. The maximum Gasteiger partial charge on any atom is 0.307 e. The Balaban J connectivity index is 1.63. The van der Waals surface area contributed by atoms with Crippen molar-refractivity contribution in [2.24, 2.45) is 0 Å². The van der Waals surface area contributed by atoms with Crippen LogP contribution < -0.4 is 15.4 Å². The summed E-state index contributed by atoms with van der Waals surface area (Å²) in [5.74, 6) is -1.01. The molecule has 0 aliphatic rings. The lowest BCUT2D eigenvalue weighted by molar-refractivity contribution is -0.147. The number of carbonyl (C=O) groups is 3. The molecule has 0 aliphatic heterocycles. The molecular formula is C26H26N2O5. The third kappa shape index (κ3) is 6.93. The van der Waals surface area contributed by atoms with Gasteiger partial charge in [-0.15, -0.1) is 0 Å². The number of amides is 2. The van der Waals surface area contributed by atoms with E-state index in [-0.39, 0.29) is 18.2 Å². The van der Waals surface area contributed by atoms with E-state index in [0.717, 1.165) is 11.1 Å². The Morgan fingerprint density at radius 2 is 1.45 bits per heavy atom. The minimum Gasteiger partial charge on any atom is -0.495 e. The van der Waals surface area contributed by atoms with Crippen molar-refractivity contribution < 1.29 is 23.9 Å². The van der Waals surface area contributed by atoms with Crippen LogP contribution in [-0.4, -0.2) is 31.5 Å². The van der Waals surface area contributed by atoms with Crippen LogP contribution in [0.1, 0.15) is 30.4 Å². The topological polar surface area (TPSA) is 93.7 Å². The van der Waals surface area contributed by atoms with Gasteiger partial charge in [-0.2, -0.15) is 0 Å². The molecule has 3 aromatic rings. The maximum atomic E-state index is 12.6. The van der Waals surface area contributed by atoms with Crippen molar-refractivity contribution in [1.29, 1.82) is 0 Å². The van der Waals surface area contributed by atoms with Crippen LogP contribution in [-0.2, 0) is 19.1 Å². The first-order valence-electron chi connectivity index (χ1n) is 10.5. The predicted molar refractivity (Wildman–Crippen MR) is 126 cm³/mol. The molecule has 0 atom stereocenters. The predicted octanol–water partition coefficient (Wildman–Crippen LogP) is 4.36. The Bertz CT molecular complexity index is 1060. The van der Waals surface area contributed by atoms with Crippen molar-refractivity contribution in [3.8, 4) is 5.75 Å². The van der Waals surface area contributed by atoms with E-state index in [0.29, 0.717) is 17.1 Å². The fraction of sp³-hybridized carbons (Fsp3) is 0.192. The van der Waals surface area contributed by atoms with Gasteiger partial charge in [0.2, 0.25) is 5.91 Å². The monoisotopic (exact) mass is 446 g/mol. The summed E-state index contributed by atoms with van der Waals surface area (Å²) in [5, 5.41) is 5.30. The first-order valence-corrected chi connectivity index (χ1v) is 10.5. The van der Waals surface area contributed by atoms with E-state index in [9.17, 15) is 14.4 Å². The number of methoxy groups -OCH3 is 1. The minimum atomic E-state index is -0.516. The van der Waals surface area contributed by atoms with E-state index in [1.54, 1.807) is 18.2 Å². The van der Waals surface area contributed by atoms with E-state index in [4.69, 9.17) is 9.47 Å². The fourth-order valence-corrected chi connectivity index (χ4v) is 3.44. The van der Waals surface area contributed by atoms with Crippen LogP contribution in [0.2, 0.25) is 0 Å². The zero-order valence-corrected chi connectivity index (χ0v) is 18.5. The van der Waals surface area contributed by atoms with Gasteiger partial charge in [-0.25, -0.2) is 0 Å². The number of rotatable bonds is 9. The number of hydrogen-bond donors (Lipinski definition) is 2. The molecule has 0 aromatic heterocycles. The summed E-state index contributed by atoms with van der Waals surface area (Å²) < 4.78 is 10.5. The Morgan fingerprint density at radius 3 is 2.00 bits per heavy atom. The molecule has 0 unspecified atom stereocenters. The molecule has 7 heteroatoms. The zero-order valence-electron chi connectivity index (χ0n) is 18.5. The minimum absolute atomic E-state index is 0.0998. The first-order chi connectivity index (χ1) is 16.0. The molecule has 33 heavy (non-hydrogen) atoms. The van der Waals surface area contributed by atoms with Crippen molar-refractivity contribution >= 4 is 29.2 Å². The summed E-state index contributed by atoms with van der Waals surface area (Å²) in [4.78, 5) is 36.3. The quantitative estimate of drug-likeness (QED) is 0.477. The molecule has 3 aromatic carbocycles. The van der Waals surface area contributed by atoms with Gasteiger partial charge in [0.1, 0.15) is 5.75 Å². The molecule has 7 nitrogen and oxygen atoms in total. The van der Waals surface area contributed by atoms with Gasteiger partial charge < -0.3 is 20.1 Å². The number of carbonyl (C=O) groups excluding carboxylic acids is 3. The molecule has 170 valence electrons. The highest BCUT2D eigenvalue weighted by atomic mass is 16.5. The van der Waals surface area contributed by atoms with E-state index < -0.39 is 18.5 Å². The van der Waals surface area contributed by atoms with Gasteiger partial charge in [0.25, 0.3) is 5.91 Å². The summed E-state index contributed by atoms with van der Waals surface area (Å²) in [6.45, 7) is 0.947. The van der Waals surface area contributed by atoms with Gasteiger partial charge in [-0.1, -0.05) is 60.7 Å².